The van der Waals surface area contributed by atoms with E-state index in [-0.39, 0.29) is 18.4 Å². The van der Waals surface area contributed by atoms with Gasteiger partial charge in [-0.25, -0.2) is 0 Å². The predicted octanol–water partition coefficient (Wildman–Crippen LogP) is 2.59. The van der Waals surface area contributed by atoms with Crippen LogP contribution in [0.3, 0.4) is 0 Å². The van der Waals surface area contributed by atoms with Gasteiger partial charge in [-0.1, -0.05) is 17.3 Å². The Bertz CT molecular complexity index is 706. The molecule has 0 fully saturated rings. The Morgan fingerprint density at radius 2 is 2.00 bits per heavy atom. The van der Waals surface area contributed by atoms with Gasteiger partial charge >= 0.3 is 0 Å². The summed E-state index contributed by atoms with van der Waals surface area (Å²) < 4.78 is 4.89. The molecule has 6 nitrogen and oxygen atoms in total. The Morgan fingerprint density at radius 1 is 1.27 bits per heavy atom. The van der Waals surface area contributed by atoms with Crippen LogP contribution in [0.4, 0.5) is 11.5 Å². The number of benzene rings is 1. The first-order valence-corrected chi connectivity index (χ1v) is 6.96. The van der Waals surface area contributed by atoms with Gasteiger partial charge in [0.2, 0.25) is 11.8 Å². The van der Waals surface area contributed by atoms with Gasteiger partial charge in [0.05, 0.1) is 0 Å². The average Bonchev–Trinajstić information content (AvgIpc) is 2.84. The second-order valence-corrected chi connectivity index (χ2v) is 5.20. The van der Waals surface area contributed by atoms with Crippen molar-refractivity contribution < 1.29 is 14.1 Å². The fraction of sp³-hybridized carbons (Fsp3) is 0.312. The topological polar surface area (TPSA) is 75.4 Å². The highest BCUT2D eigenvalue weighted by Gasteiger charge is 2.18. The summed E-state index contributed by atoms with van der Waals surface area (Å²) in [6.45, 7) is 7.00. The third-order valence-electron chi connectivity index (χ3n) is 3.44. The zero-order valence-electron chi connectivity index (χ0n) is 13.1. The Labute approximate surface area is 129 Å². The normalized spacial score (nSPS) is 10.4. The summed E-state index contributed by atoms with van der Waals surface area (Å²) in [6.07, 6.45) is 0. The minimum Gasteiger partial charge on any atom is -0.360 e. The van der Waals surface area contributed by atoms with Crippen molar-refractivity contribution in [3.63, 3.8) is 0 Å². The summed E-state index contributed by atoms with van der Waals surface area (Å²) >= 11 is 0. The number of amides is 2. The highest BCUT2D eigenvalue weighted by Crippen LogP contribution is 2.23. The average molecular weight is 301 g/mol. The van der Waals surface area contributed by atoms with Gasteiger partial charge in [-0.15, -0.1) is 0 Å². The van der Waals surface area contributed by atoms with Crippen LogP contribution in [0.2, 0.25) is 0 Å². The summed E-state index contributed by atoms with van der Waals surface area (Å²) in [5.41, 5.74) is 2.78. The third kappa shape index (κ3) is 3.52. The molecule has 0 saturated heterocycles. The van der Waals surface area contributed by atoms with E-state index in [0.717, 1.165) is 16.8 Å². The molecule has 0 spiro atoms. The molecule has 2 aromatic rings. The number of aromatic nitrogens is 1. The zero-order valence-corrected chi connectivity index (χ0v) is 13.1. The molecule has 0 aliphatic rings. The first kappa shape index (κ1) is 15.8. The lowest BCUT2D eigenvalue weighted by molar-refractivity contribution is -0.120. The SMILES string of the molecule is CC(=O)N(CC(=O)Nc1cc(C)on1)c1cccc(C)c1C. The van der Waals surface area contributed by atoms with Crippen molar-refractivity contribution in [1.82, 2.24) is 5.16 Å². The summed E-state index contributed by atoms with van der Waals surface area (Å²) in [7, 11) is 0. The van der Waals surface area contributed by atoms with Crippen LogP contribution in [0.15, 0.2) is 28.8 Å². The lowest BCUT2D eigenvalue weighted by Crippen LogP contribution is -2.37. The van der Waals surface area contributed by atoms with Crippen molar-refractivity contribution in [3.8, 4) is 0 Å². The summed E-state index contributed by atoms with van der Waals surface area (Å²) in [6, 6.07) is 7.28. The number of anilines is 2. The molecule has 1 N–H and O–H groups in total. The zero-order chi connectivity index (χ0) is 16.3. The van der Waals surface area contributed by atoms with Crippen LogP contribution >= 0.6 is 0 Å². The predicted molar refractivity (Wildman–Crippen MR) is 83.8 cm³/mol. The molecule has 1 heterocycles. The molecule has 2 rings (SSSR count). The Kier molecular flexibility index (Phi) is 4.60. The number of aryl methyl sites for hydroxylation is 2. The van der Waals surface area contributed by atoms with E-state index in [9.17, 15) is 9.59 Å². The molecule has 0 atom stereocenters. The Balaban J connectivity index is 2.17. The quantitative estimate of drug-likeness (QED) is 0.941. The van der Waals surface area contributed by atoms with E-state index in [2.05, 4.69) is 10.5 Å². The first-order valence-electron chi connectivity index (χ1n) is 6.96. The Hall–Kier alpha value is -2.63. The molecule has 1 aromatic carbocycles. The van der Waals surface area contributed by atoms with E-state index in [1.54, 1.807) is 13.0 Å². The molecule has 0 aliphatic carbocycles. The van der Waals surface area contributed by atoms with Crippen LogP contribution in [-0.2, 0) is 9.59 Å². The molecule has 6 heteroatoms. The molecule has 22 heavy (non-hydrogen) atoms. The number of hydrogen-bond acceptors (Lipinski definition) is 4. The minimum absolute atomic E-state index is 0.0778. The number of nitrogens with one attached hydrogen (secondary N) is 1. The lowest BCUT2D eigenvalue weighted by atomic mass is 10.1. The molecular formula is C16H19N3O3. The molecule has 0 radical (unpaired) electrons. The van der Waals surface area contributed by atoms with Crippen molar-refractivity contribution in [3.05, 3.63) is 41.2 Å². The fourth-order valence-electron chi connectivity index (χ4n) is 2.15. The largest absolute Gasteiger partial charge is 0.360 e. The van der Waals surface area contributed by atoms with Crippen molar-refractivity contribution in [2.24, 2.45) is 0 Å². The highest BCUT2D eigenvalue weighted by molar-refractivity contribution is 6.01. The number of nitrogens with zero attached hydrogens (tertiary/aromatic N) is 2. The van der Waals surface area contributed by atoms with Gasteiger partial charge in [-0.3, -0.25) is 9.59 Å². The van der Waals surface area contributed by atoms with Crippen molar-refractivity contribution in [2.45, 2.75) is 27.7 Å². The summed E-state index contributed by atoms with van der Waals surface area (Å²) in [4.78, 5) is 25.5. The fourth-order valence-corrected chi connectivity index (χ4v) is 2.15. The maximum absolute atomic E-state index is 12.1. The number of hydrogen-bond donors (Lipinski definition) is 1. The molecular weight excluding hydrogens is 282 g/mol. The lowest BCUT2D eigenvalue weighted by Gasteiger charge is -2.23. The summed E-state index contributed by atoms with van der Waals surface area (Å²) in [5.74, 6) is 0.421. The van der Waals surface area contributed by atoms with E-state index in [1.165, 1.54) is 11.8 Å². The van der Waals surface area contributed by atoms with Gasteiger partial charge in [0.25, 0.3) is 0 Å². The van der Waals surface area contributed by atoms with Crippen molar-refractivity contribution in [2.75, 3.05) is 16.8 Å². The maximum Gasteiger partial charge on any atom is 0.245 e. The molecule has 116 valence electrons. The molecule has 0 aliphatic heterocycles. The van der Waals surface area contributed by atoms with Crippen LogP contribution in [0.1, 0.15) is 23.8 Å². The number of rotatable bonds is 4. The second-order valence-electron chi connectivity index (χ2n) is 5.20. The van der Waals surface area contributed by atoms with Crippen LogP contribution in [0.5, 0.6) is 0 Å². The Morgan fingerprint density at radius 3 is 2.59 bits per heavy atom. The first-order chi connectivity index (χ1) is 10.4. The number of carbonyl (C=O) groups excluding carboxylic acids is 2. The molecule has 0 unspecified atom stereocenters. The van der Waals surface area contributed by atoms with E-state index in [1.807, 2.05) is 32.0 Å². The van der Waals surface area contributed by atoms with E-state index in [0.29, 0.717) is 11.6 Å². The summed E-state index contributed by atoms with van der Waals surface area (Å²) in [5, 5.41) is 6.32. The highest BCUT2D eigenvalue weighted by atomic mass is 16.5. The van der Waals surface area contributed by atoms with Crippen LogP contribution in [0, 0.1) is 20.8 Å². The molecule has 1 aromatic heterocycles. The standard InChI is InChI=1S/C16H19N3O3/c1-10-6-5-7-14(12(10)3)19(13(4)20)9-16(21)17-15-8-11(2)22-18-15/h5-8H,9H2,1-4H3,(H,17,18,21). The van der Waals surface area contributed by atoms with Crippen LogP contribution in [-0.4, -0.2) is 23.5 Å². The molecule has 2 amide bonds. The van der Waals surface area contributed by atoms with Gasteiger partial charge < -0.3 is 14.7 Å². The third-order valence-corrected chi connectivity index (χ3v) is 3.44. The minimum atomic E-state index is -0.329. The second kappa shape index (κ2) is 6.43. The smallest absolute Gasteiger partial charge is 0.245 e. The van der Waals surface area contributed by atoms with Gasteiger partial charge in [-0.2, -0.15) is 0 Å². The molecule has 0 bridgehead atoms. The van der Waals surface area contributed by atoms with Crippen LogP contribution in [0.25, 0.3) is 0 Å². The molecule has 0 saturated carbocycles. The van der Waals surface area contributed by atoms with Gasteiger partial charge in [0.15, 0.2) is 5.82 Å². The van der Waals surface area contributed by atoms with Gasteiger partial charge in [0.1, 0.15) is 12.3 Å². The number of carbonyl (C=O) groups is 2. The van der Waals surface area contributed by atoms with Gasteiger partial charge in [0, 0.05) is 18.7 Å². The van der Waals surface area contributed by atoms with Gasteiger partial charge in [-0.05, 0) is 38.0 Å². The van der Waals surface area contributed by atoms with E-state index >= 15 is 0 Å². The van der Waals surface area contributed by atoms with Crippen molar-refractivity contribution >= 4 is 23.3 Å². The van der Waals surface area contributed by atoms with E-state index < -0.39 is 0 Å². The van der Waals surface area contributed by atoms with Crippen molar-refractivity contribution in [1.29, 1.82) is 0 Å². The van der Waals surface area contributed by atoms with E-state index in [4.69, 9.17) is 4.52 Å². The monoisotopic (exact) mass is 301 g/mol. The van der Waals surface area contributed by atoms with Crippen LogP contribution < -0.4 is 10.2 Å². The maximum atomic E-state index is 12.1.